The molecular weight excluding hydrogens is 414 g/mol. The maximum atomic E-state index is 12.4. The average molecular weight is 436 g/mol. The minimum atomic E-state index is -0.300. The Morgan fingerprint density at radius 1 is 1.10 bits per heavy atom. The molecule has 4 rings (SSSR count). The predicted molar refractivity (Wildman–Crippen MR) is 120 cm³/mol. The molecule has 0 saturated carbocycles. The molecule has 158 valence electrons. The van der Waals surface area contributed by atoms with Gasteiger partial charge in [-0.25, -0.2) is 4.98 Å². The van der Waals surface area contributed by atoms with Crippen LogP contribution >= 0.6 is 11.3 Å². The van der Waals surface area contributed by atoms with Gasteiger partial charge in [0.2, 0.25) is 0 Å². The van der Waals surface area contributed by atoms with Crippen LogP contribution in [0.4, 0.5) is 5.69 Å². The number of hydrogen-bond donors (Lipinski definition) is 1. The Balaban J connectivity index is 1.45. The van der Waals surface area contributed by atoms with Crippen LogP contribution in [0.3, 0.4) is 0 Å². The van der Waals surface area contributed by atoms with Gasteiger partial charge in [-0.1, -0.05) is 24.3 Å². The fraction of sp³-hybridized carbons (Fsp3) is 0.174. The molecule has 2 aromatic carbocycles. The number of nitrogens with zero attached hydrogens (tertiary/aromatic N) is 2. The number of carbonyl (C=O) groups is 1. The van der Waals surface area contributed by atoms with Crippen LogP contribution in [0.15, 0.2) is 64.8 Å². The Labute approximate surface area is 182 Å². The molecule has 0 fully saturated rings. The number of carbonyl (C=O) groups excluding carboxylic acids is 1. The van der Waals surface area contributed by atoms with Gasteiger partial charge in [0, 0.05) is 17.1 Å². The highest BCUT2D eigenvalue weighted by Gasteiger charge is 2.12. The van der Waals surface area contributed by atoms with Crippen LogP contribution in [0, 0.1) is 13.8 Å². The minimum Gasteiger partial charge on any atom is -0.485 e. The number of ether oxygens (including phenoxy) is 2. The number of rotatable bonds is 7. The Bertz CT molecular complexity index is 1280. The summed E-state index contributed by atoms with van der Waals surface area (Å²) >= 11 is 1.41. The lowest BCUT2D eigenvalue weighted by Crippen LogP contribution is -2.21. The molecular formula is C23H21N3O4S. The first-order valence-corrected chi connectivity index (χ1v) is 10.6. The molecule has 1 N–H and O–H groups in total. The molecule has 31 heavy (non-hydrogen) atoms. The van der Waals surface area contributed by atoms with Gasteiger partial charge in [-0.2, -0.15) is 0 Å². The van der Waals surface area contributed by atoms with Crippen molar-refractivity contribution in [2.45, 2.75) is 20.5 Å². The molecule has 0 aliphatic rings. The second kappa shape index (κ2) is 9.01. The van der Waals surface area contributed by atoms with Crippen molar-refractivity contribution < 1.29 is 14.3 Å². The van der Waals surface area contributed by atoms with E-state index >= 15 is 0 Å². The van der Waals surface area contributed by atoms with E-state index in [1.807, 2.05) is 49.6 Å². The molecule has 0 aliphatic carbocycles. The van der Waals surface area contributed by atoms with E-state index in [4.69, 9.17) is 9.47 Å². The third kappa shape index (κ3) is 4.92. The van der Waals surface area contributed by atoms with Crippen molar-refractivity contribution in [3.8, 4) is 11.5 Å². The molecule has 0 aliphatic heterocycles. The predicted octanol–water partition coefficient (Wildman–Crippen LogP) is 3.97. The van der Waals surface area contributed by atoms with E-state index < -0.39 is 0 Å². The molecule has 0 radical (unpaired) electrons. The lowest BCUT2D eigenvalue weighted by atomic mass is 10.2. The van der Waals surface area contributed by atoms with Gasteiger partial charge in [0.1, 0.15) is 18.1 Å². The lowest BCUT2D eigenvalue weighted by molar-refractivity contribution is -0.118. The van der Waals surface area contributed by atoms with Crippen molar-refractivity contribution in [2.75, 3.05) is 11.9 Å². The normalized spacial score (nSPS) is 10.8. The molecule has 1 amide bonds. The minimum absolute atomic E-state index is 0.106. The van der Waals surface area contributed by atoms with E-state index in [-0.39, 0.29) is 24.7 Å². The molecule has 0 atom stereocenters. The highest BCUT2D eigenvalue weighted by molar-refractivity contribution is 7.15. The summed E-state index contributed by atoms with van der Waals surface area (Å²) in [6.07, 6.45) is 0. The van der Waals surface area contributed by atoms with Crippen molar-refractivity contribution in [1.82, 2.24) is 9.38 Å². The van der Waals surface area contributed by atoms with Crippen molar-refractivity contribution in [1.29, 1.82) is 0 Å². The number of hydrogen-bond acceptors (Lipinski definition) is 6. The molecule has 2 aromatic heterocycles. The van der Waals surface area contributed by atoms with Gasteiger partial charge in [-0.05, 0) is 43.7 Å². The second-order valence-electron chi connectivity index (χ2n) is 7.02. The van der Waals surface area contributed by atoms with Gasteiger partial charge in [0.05, 0.1) is 11.4 Å². The zero-order valence-corrected chi connectivity index (χ0v) is 17.9. The topological polar surface area (TPSA) is 81.9 Å². The Hall–Kier alpha value is -3.65. The zero-order valence-electron chi connectivity index (χ0n) is 17.1. The summed E-state index contributed by atoms with van der Waals surface area (Å²) in [7, 11) is 0. The zero-order chi connectivity index (χ0) is 21.8. The second-order valence-corrected chi connectivity index (χ2v) is 7.86. The summed E-state index contributed by atoms with van der Waals surface area (Å²) in [5.74, 6) is 0.809. The smallest absolute Gasteiger partial charge is 0.262 e. The van der Waals surface area contributed by atoms with Crippen LogP contribution < -0.4 is 20.3 Å². The molecule has 0 bridgehead atoms. The van der Waals surface area contributed by atoms with Gasteiger partial charge in [0.15, 0.2) is 11.6 Å². The monoisotopic (exact) mass is 435 g/mol. The third-order valence-corrected chi connectivity index (χ3v) is 5.47. The van der Waals surface area contributed by atoms with Crippen molar-refractivity contribution in [3.05, 3.63) is 87.3 Å². The molecule has 2 heterocycles. The van der Waals surface area contributed by atoms with Crippen molar-refractivity contribution >= 4 is 27.9 Å². The Morgan fingerprint density at radius 2 is 1.90 bits per heavy atom. The summed E-state index contributed by atoms with van der Waals surface area (Å²) in [6.45, 7) is 3.78. The fourth-order valence-corrected chi connectivity index (χ4v) is 3.94. The van der Waals surface area contributed by atoms with Crippen LogP contribution in [-0.2, 0) is 11.4 Å². The molecule has 7 nitrogen and oxygen atoms in total. The Kier molecular flexibility index (Phi) is 5.99. The van der Waals surface area contributed by atoms with E-state index in [1.54, 1.807) is 22.6 Å². The van der Waals surface area contributed by atoms with Crippen molar-refractivity contribution in [3.63, 3.8) is 0 Å². The molecule has 0 unspecified atom stereocenters. The number of aromatic nitrogens is 2. The largest absolute Gasteiger partial charge is 0.485 e. The van der Waals surface area contributed by atoms with Crippen LogP contribution in [0.1, 0.15) is 17.0 Å². The summed E-state index contributed by atoms with van der Waals surface area (Å²) in [4.78, 5) is 29.8. The molecule has 8 heteroatoms. The number of amides is 1. The van der Waals surface area contributed by atoms with Gasteiger partial charge in [0.25, 0.3) is 11.5 Å². The van der Waals surface area contributed by atoms with E-state index in [0.29, 0.717) is 27.8 Å². The molecule has 0 saturated heterocycles. The van der Waals surface area contributed by atoms with Crippen LogP contribution in [0.25, 0.3) is 4.96 Å². The molecule has 0 spiro atoms. The van der Waals surface area contributed by atoms with Gasteiger partial charge >= 0.3 is 0 Å². The maximum absolute atomic E-state index is 12.4. The lowest BCUT2D eigenvalue weighted by Gasteiger charge is -2.14. The van der Waals surface area contributed by atoms with Gasteiger partial charge in [-0.3, -0.25) is 14.0 Å². The van der Waals surface area contributed by atoms with E-state index in [2.05, 4.69) is 10.3 Å². The fourth-order valence-electron chi connectivity index (χ4n) is 3.05. The van der Waals surface area contributed by atoms with Crippen LogP contribution in [0.2, 0.25) is 0 Å². The number of thiazole rings is 1. The van der Waals surface area contributed by atoms with Gasteiger partial charge < -0.3 is 14.8 Å². The van der Waals surface area contributed by atoms with Crippen LogP contribution in [0.5, 0.6) is 11.5 Å². The number of benzene rings is 2. The summed E-state index contributed by atoms with van der Waals surface area (Å²) in [5, 5.41) is 4.72. The summed E-state index contributed by atoms with van der Waals surface area (Å²) in [6, 6.07) is 16.1. The van der Waals surface area contributed by atoms with Gasteiger partial charge in [-0.15, -0.1) is 11.3 Å². The maximum Gasteiger partial charge on any atom is 0.262 e. The SMILES string of the molecule is Cc1ccc(OCc2cc(=O)n3c(C)csc3n2)c(NC(=O)COc2ccccc2)c1. The summed E-state index contributed by atoms with van der Waals surface area (Å²) in [5.41, 5.74) is 2.74. The van der Waals surface area contributed by atoms with E-state index in [1.165, 1.54) is 17.4 Å². The third-order valence-electron chi connectivity index (χ3n) is 4.53. The molecule has 4 aromatic rings. The van der Waals surface area contributed by atoms with Crippen molar-refractivity contribution in [2.24, 2.45) is 0 Å². The summed E-state index contributed by atoms with van der Waals surface area (Å²) < 4.78 is 13.0. The Morgan fingerprint density at radius 3 is 2.71 bits per heavy atom. The first-order chi connectivity index (χ1) is 15.0. The number of para-hydroxylation sites is 1. The number of fused-ring (bicyclic) bond motifs is 1. The number of aryl methyl sites for hydroxylation is 2. The number of anilines is 1. The highest BCUT2D eigenvalue weighted by Crippen LogP contribution is 2.26. The average Bonchev–Trinajstić information content (AvgIpc) is 3.13. The first kappa shape index (κ1) is 20.6. The highest BCUT2D eigenvalue weighted by atomic mass is 32.1. The van der Waals surface area contributed by atoms with Crippen LogP contribution in [-0.4, -0.2) is 21.9 Å². The standard InChI is InChI=1S/C23H21N3O4S/c1-15-8-9-20(19(10-15)25-21(27)13-29-18-6-4-3-5-7-18)30-12-17-11-22(28)26-16(2)14-31-23(26)24-17/h3-11,14H,12-13H2,1-2H3,(H,25,27). The first-order valence-electron chi connectivity index (χ1n) is 9.67. The van der Waals surface area contributed by atoms with E-state index in [9.17, 15) is 9.59 Å². The van der Waals surface area contributed by atoms with E-state index in [0.717, 1.165) is 11.3 Å². The number of nitrogens with one attached hydrogen (secondary N) is 1. The quantitative estimate of drug-likeness (QED) is 0.475.